The summed E-state index contributed by atoms with van der Waals surface area (Å²) < 4.78 is 5.37. The molecule has 5 heteroatoms. The van der Waals surface area contributed by atoms with Crippen molar-refractivity contribution in [1.82, 2.24) is 9.80 Å². The molecule has 0 N–H and O–H groups in total. The summed E-state index contributed by atoms with van der Waals surface area (Å²) in [7, 11) is 1.59. The molecule has 1 saturated heterocycles. The van der Waals surface area contributed by atoms with E-state index >= 15 is 0 Å². The number of rotatable bonds is 4. The van der Waals surface area contributed by atoms with E-state index in [1.807, 2.05) is 42.7 Å². The topological polar surface area (TPSA) is 49.9 Å². The van der Waals surface area contributed by atoms with Crippen LogP contribution in [0.2, 0.25) is 0 Å². The first-order valence-corrected chi connectivity index (χ1v) is 8.20. The first-order chi connectivity index (χ1) is 11.0. The van der Waals surface area contributed by atoms with E-state index in [-0.39, 0.29) is 11.8 Å². The molecule has 1 aromatic carbocycles. The normalized spacial score (nSPS) is 14.8. The highest BCUT2D eigenvalue weighted by Crippen LogP contribution is 2.25. The Labute approximate surface area is 138 Å². The van der Waals surface area contributed by atoms with Crippen LogP contribution in [0.4, 0.5) is 0 Å². The number of hydrogen-bond acceptors (Lipinski definition) is 3. The SMILES string of the molecule is CCCC(=O)N1CCN(C(=O)c2cc(C)c(C)cc2OC)CC1. The molecule has 1 aliphatic heterocycles. The van der Waals surface area contributed by atoms with Gasteiger partial charge in [0.2, 0.25) is 5.91 Å². The van der Waals surface area contributed by atoms with Crippen LogP contribution in [0.5, 0.6) is 5.75 Å². The molecule has 0 aromatic heterocycles. The lowest BCUT2D eigenvalue weighted by Gasteiger charge is -2.35. The Kier molecular flexibility index (Phi) is 5.64. The zero-order valence-corrected chi connectivity index (χ0v) is 14.5. The minimum absolute atomic E-state index is 0.0208. The first-order valence-electron chi connectivity index (χ1n) is 8.20. The summed E-state index contributed by atoms with van der Waals surface area (Å²) in [6, 6.07) is 3.80. The van der Waals surface area contributed by atoms with E-state index in [1.54, 1.807) is 7.11 Å². The van der Waals surface area contributed by atoms with Crippen LogP contribution in [-0.2, 0) is 4.79 Å². The molecule has 1 aromatic rings. The average molecular weight is 318 g/mol. The van der Waals surface area contributed by atoms with Crippen LogP contribution in [0.3, 0.4) is 0 Å². The number of carbonyl (C=O) groups is 2. The smallest absolute Gasteiger partial charge is 0.257 e. The van der Waals surface area contributed by atoms with Crippen LogP contribution < -0.4 is 4.74 Å². The number of piperazine rings is 1. The van der Waals surface area contributed by atoms with Crippen molar-refractivity contribution in [2.45, 2.75) is 33.6 Å². The van der Waals surface area contributed by atoms with Crippen LogP contribution in [0, 0.1) is 13.8 Å². The van der Waals surface area contributed by atoms with Crippen molar-refractivity contribution in [1.29, 1.82) is 0 Å². The number of benzene rings is 1. The van der Waals surface area contributed by atoms with Crippen molar-refractivity contribution in [3.05, 3.63) is 28.8 Å². The minimum atomic E-state index is -0.0208. The molecule has 0 saturated carbocycles. The van der Waals surface area contributed by atoms with Gasteiger partial charge in [-0.3, -0.25) is 9.59 Å². The zero-order chi connectivity index (χ0) is 17.0. The Morgan fingerprint density at radius 1 is 1.04 bits per heavy atom. The molecule has 0 aliphatic carbocycles. The average Bonchev–Trinajstić information content (AvgIpc) is 2.56. The molecule has 0 bridgehead atoms. The summed E-state index contributed by atoms with van der Waals surface area (Å²) in [6.45, 7) is 8.37. The van der Waals surface area contributed by atoms with Gasteiger partial charge in [0.25, 0.3) is 5.91 Å². The fourth-order valence-corrected chi connectivity index (χ4v) is 2.83. The van der Waals surface area contributed by atoms with Gasteiger partial charge in [0, 0.05) is 32.6 Å². The van der Waals surface area contributed by atoms with Gasteiger partial charge in [-0.1, -0.05) is 6.92 Å². The number of amides is 2. The molecule has 2 rings (SSSR count). The molecule has 23 heavy (non-hydrogen) atoms. The number of hydrogen-bond donors (Lipinski definition) is 0. The summed E-state index contributed by atoms with van der Waals surface area (Å²) in [4.78, 5) is 28.4. The van der Waals surface area contributed by atoms with E-state index in [0.717, 1.165) is 17.5 Å². The maximum Gasteiger partial charge on any atom is 0.257 e. The number of methoxy groups -OCH3 is 1. The molecule has 0 radical (unpaired) electrons. The molecule has 5 nitrogen and oxygen atoms in total. The number of carbonyl (C=O) groups excluding carboxylic acids is 2. The second kappa shape index (κ2) is 7.49. The van der Waals surface area contributed by atoms with Gasteiger partial charge in [-0.15, -0.1) is 0 Å². The van der Waals surface area contributed by atoms with E-state index in [0.29, 0.717) is 43.9 Å². The lowest BCUT2D eigenvalue weighted by Crippen LogP contribution is -2.50. The molecule has 1 aliphatic rings. The van der Waals surface area contributed by atoms with Gasteiger partial charge in [0.1, 0.15) is 5.75 Å². The van der Waals surface area contributed by atoms with Crippen LogP contribution in [0.25, 0.3) is 0 Å². The highest BCUT2D eigenvalue weighted by atomic mass is 16.5. The van der Waals surface area contributed by atoms with E-state index < -0.39 is 0 Å². The third-order valence-electron chi connectivity index (χ3n) is 4.43. The van der Waals surface area contributed by atoms with Crippen molar-refractivity contribution in [3.63, 3.8) is 0 Å². The van der Waals surface area contributed by atoms with Crippen LogP contribution >= 0.6 is 0 Å². The van der Waals surface area contributed by atoms with Gasteiger partial charge in [0.05, 0.1) is 12.7 Å². The van der Waals surface area contributed by atoms with Crippen molar-refractivity contribution < 1.29 is 14.3 Å². The third kappa shape index (κ3) is 3.84. The van der Waals surface area contributed by atoms with E-state index in [1.165, 1.54) is 0 Å². The second-order valence-electron chi connectivity index (χ2n) is 6.06. The second-order valence-corrected chi connectivity index (χ2v) is 6.06. The fourth-order valence-electron chi connectivity index (χ4n) is 2.83. The molecular weight excluding hydrogens is 292 g/mol. The van der Waals surface area contributed by atoms with Crippen LogP contribution in [0.1, 0.15) is 41.3 Å². The van der Waals surface area contributed by atoms with Gasteiger partial charge in [-0.25, -0.2) is 0 Å². The Balaban J connectivity index is 2.08. The quantitative estimate of drug-likeness (QED) is 0.856. The Morgan fingerprint density at radius 3 is 2.17 bits per heavy atom. The maximum atomic E-state index is 12.8. The summed E-state index contributed by atoms with van der Waals surface area (Å²) in [6.07, 6.45) is 1.44. The largest absolute Gasteiger partial charge is 0.496 e. The summed E-state index contributed by atoms with van der Waals surface area (Å²) in [5, 5.41) is 0. The molecule has 2 amide bonds. The van der Waals surface area contributed by atoms with Crippen LogP contribution in [0.15, 0.2) is 12.1 Å². The van der Waals surface area contributed by atoms with Crippen molar-refractivity contribution in [2.24, 2.45) is 0 Å². The van der Waals surface area contributed by atoms with Gasteiger partial charge in [0.15, 0.2) is 0 Å². The predicted octanol–water partition coefficient (Wildman–Crippen LogP) is 2.40. The van der Waals surface area contributed by atoms with E-state index in [2.05, 4.69) is 0 Å². The molecular formula is C18H26N2O3. The lowest BCUT2D eigenvalue weighted by molar-refractivity contribution is -0.132. The number of nitrogens with zero attached hydrogens (tertiary/aromatic N) is 2. The van der Waals surface area contributed by atoms with E-state index in [4.69, 9.17) is 4.74 Å². The van der Waals surface area contributed by atoms with Gasteiger partial charge in [-0.05, 0) is 43.5 Å². The molecule has 0 atom stereocenters. The highest BCUT2D eigenvalue weighted by molar-refractivity contribution is 5.97. The molecule has 1 fully saturated rings. The molecule has 0 spiro atoms. The van der Waals surface area contributed by atoms with Crippen LogP contribution in [-0.4, -0.2) is 54.9 Å². The third-order valence-corrected chi connectivity index (χ3v) is 4.43. The zero-order valence-electron chi connectivity index (χ0n) is 14.5. The van der Waals surface area contributed by atoms with Crippen molar-refractivity contribution >= 4 is 11.8 Å². The Bertz CT molecular complexity index is 590. The summed E-state index contributed by atoms with van der Waals surface area (Å²) in [5.41, 5.74) is 2.78. The summed E-state index contributed by atoms with van der Waals surface area (Å²) in [5.74, 6) is 0.776. The fraction of sp³-hybridized carbons (Fsp3) is 0.556. The molecule has 126 valence electrons. The van der Waals surface area contributed by atoms with E-state index in [9.17, 15) is 9.59 Å². The summed E-state index contributed by atoms with van der Waals surface area (Å²) >= 11 is 0. The lowest BCUT2D eigenvalue weighted by atomic mass is 10.0. The van der Waals surface area contributed by atoms with Gasteiger partial charge < -0.3 is 14.5 Å². The maximum absolute atomic E-state index is 12.8. The Hall–Kier alpha value is -2.04. The standard InChI is InChI=1S/C18H26N2O3/c1-5-6-17(21)19-7-9-20(10-8-19)18(22)15-11-13(2)14(3)12-16(15)23-4/h11-12H,5-10H2,1-4H3. The first kappa shape index (κ1) is 17.3. The number of aryl methyl sites for hydroxylation is 2. The monoisotopic (exact) mass is 318 g/mol. The number of ether oxygens (including phenoxy) is 1. The van der Waals surface area contributed by atoms with Crippen molar-refractivity contribution in [2.75, 3.05) is 33.3 Å². The van der Waals surface area contributed by atoms with Gasteiger partial charge >= 0.3 is 0 Å². The minimum Gasteiger partial charge on any atom is -0.496 e. The molecule has 0 unspecified atom stereocenters. The molecule has 1 heterocycles. The van der Waals surface area contributed by atoms with Crippen molar-refractivity contribution in [3.8, 4) is 5.75 Å². The Morgan fingerprint density at radius 2 is 1.61 bits per heavy atom. The highest BCUT2D eigenvalue weighted by Gasteiger charge is 2.26. The predicted molar refractivity (Wildman–Crippen MR) is 89.9 cm³/mol. The van der Waals surface area contributed by atoms with Gasteiger partial charge in [-0.2, -0.15) is 0 Å².